The number of halogens is 1. The Hall–Kier alpha value is -1.41. The van der Waals surface area contributed by atoms with Crippen LogP contribution >= 0.6 is 11.6 Å². The molecule has 0 atom stereocenters. The highest BCUT2D eigenvalue weighted by molar-refractivity contribution is 6.33. The highest BCUT2D eigenvalue weighted by atomic mass is 35.5. The predicted molar refractivity (Wildman–Crippen MR) is 57.2 cm³/mol. The van der Waals surface area contributed by atoms with Crippen LogP contribution in [-0.4, -0.2) is 9.97 Å². The van der Waals surface area contributed by atoms with Crippen LogP contribution in [0.4, 0.5) is 0 Å². The second-order valence-electron chi connectivity index (χ2n) is 3.02. The molecule has 0 spiro atoms. The van der Waals surface area contributed by atoms with Crippen LogP contribution in [-0.2, 0) is 0 Å². The lowest BCUT2D eigenvalue weighted by Crippen LogP contribution is -1.88. The first-order chi connectivity index (χ1) is 6.77. The molecule has 14 heavy (non-hydrogen) atoms. The van der Waals surface area contributed by atoms with Crippen molar-refractivity contribution in [1.82, 2.24) is 9.97 Å². The fourth-order valence-electron chi connectivity index (χ4n) is 1.25. The Morgan fingerprint density at radius 2 is 1.79 bits per heavy atom. The van der Waals surface area contributed by atoms with Crippen molar-refractivity contribution in [2.24, 2.45) is 0 Å². The van der Waals surface area contributed by atoms with Crippen molar-refractivity contribution in [2.45, 2.75) is 6.92 Å². The van der Waals surface area contributed by atoms with Gasteiger partial charge in [-0.1, -0.05) is 11.6 Å². The molecule has 0 aliphatic carbocycles. The van der Waals surface area contributed by atoms with E-state index < -0.39 is 0 Å². The Morgan fingerprint density at radius 3 is 2.50 bits per heavy atom. The van der Waals surface area contributed by atoms with Crippen molar-refractivity contribution in [3.63, 3.8) is 0 Å². The quantitative estimate of drug-likeness (QED) is 0.714. The SMILES string of the molecule is Cc1ccc(Cl)c(-c2ccncc2)n1. The average molecular weight is 205 g/mol. The predicted octanol–water partition coefficient (Wildman–Crippen LogP) is 3.11. The van der Waals surface area contributed by atoms with Crippen molar-refractivity contribution in [1.29, 1.82) is 0 Å². The van der Waals surface area contributed by atoms with Gasteiger partial charge in [-0.2, -0.15) is 0 Å². The van der Waals surface area contributed by atoms with Crippen LogP contribution in [0.25, 0.3) is 11.3 Å². The fraction of sp³-hybridized carbons (Fsp3) is 0.0909. The summed E-state index contributed by atoms with van der Waals surface area (Å²) >= 11 is 6.05. The van der Waals surface area contributed by atoms with E-state index in [2.05, 4.69) is 9.97 Å². The van der Waals surface area contributed by atoms with E-state index in [1.165, 1.54) is 0 Å². The molecule has 3 heteroatoms. The molecule has 0 aliphatic rings. The number of rotatable bonds is 1. The Morgan fingerprint density at radius 1 is 1.07 bits per heavy atom. The van der Waals surface area contributed by atoms with E-state index in [1.807, 2.05) is 31.2 Å². The van der Waals surface area contributed by atoms with Crippen LogP contribution in [0, 0.1) is 6.92 Å². The van der Waals surface area contributed by atoms with Crippen LogP contribution in [0.2, 0.25) is 5.02 Å². The van der Waals surface area contributed by atoms with Gasteiger partial charge in [0.2, 0.25) is 0 Å². The van der Waals surface area contributed by atoms with Gasteiger partial charge in [-0.3, -0.25) is 9.97 Å². The van der Waals surface area contributed by atoms with Gasteiger partial charge in [-0.05, 0) is 31.2 Å². The van der Waals surface area contributed by atoms with Crippen molar-refractivity contribution in [3.05, 3.63) is 47.4 Å². The second kappa shape index (κ2) is 3.76. The number of pyridine rings is 2. The number of hydrogen-bond donors (Lipinski definition) is 0. The third-order valence-electron chi connectivity index (χ3n) is 1.94. The van der Waals surface area contributed by atoms with E-state index in [0.29, 0.717) is 5.02 Å². The Bertz CT molecular complexity index is 440. The molecule has 0 saturated heterocycles. The Kier molecular flexibility index (Phi) is 2.46. The number of aromatic nitrogens is 2. The zero-order valence-electron chi connectivity index (χ0n) is 7.74. The number of nitrogens with zero attached hydrogens (tertiary/aromatic N) is 2. The number of hydrogen-bond acceptors (Lipinski definition) is 2. The highest BCUT2D eigenvalue weighted by Crippen LogP contribution is 2.24. The van der Waals surface area contributed by atoms with Gasteiger partial charge in [0.15, 0.2) is 0 Å². The van der Waals surface area contributed by atoms with Crippen molar-refractivity contribution in [3.8, 4) is 11.3 Å². The van der Waals surface area contributed by atoms with Gasteiger partial charge < -0.3 is 0 Å². The molecule has 0 amide bonds. The van der Waals surface area contributed by atoms with Gasteiger partial charge in [0.05, 0.1) is 10.7 Å². The first-order valence-electron chi connectivity index (χ1n) is 4.31. The first kappa shape index (κ1) is 9.16. The van der Waals surface area contributed by atoms with Crippen molar-refractivity contribution < 1.29 is 0 Å². The van der Waals surface area contributed by atoms with Gasteiger partial charge >= 0.3 is 0 Å². The lowest BCUT2D eigenvalue weighted by Gasteiger charge is -2.03. The first-order valence-corrected chi connectivity index (χ1v) is 4.69. The molecule has 0 saturated carbocycles. The molecular formula is C11H9ClN2. The highest BCUT2D eigenvalue weighted by Gasteiger charge is 2.04. The summed E-state index contributed by atoms with van der Waals surface area (Å²) < 4.78 is 0. The number of aryl methyl sites for hydroxylation is 1. The molecule has 0 aliphatic heterocycles. The zero-order valence-corrected chi connectivity index (χ0v) is 8.49. The van der Waals surface area contributed by atoms with Gasteiger partial charge in [0.1, 0.15) is 0 Å². The monoisotopic (exact) mass is 204 g/mol. The van der Waals surface area contributed by atoms with Gasteiger partial charge in [0, 0.05) is 23.7 Å². The fourth-order valence-corrected chi connectivity index (χ4v) is 1.47. The van der Waals surface area contributed by atoms with Gasteiger partial charge in [-0.25, -0.2) is 0 Å². The van der Waals surface area contributed by atoms with Crippen LogP contribution in [0.3, 0.4) is 0 Å². The standard InChI is InChI=1S/C11H9ClN2/c1-8-2-3-10(12)11(14-8)9-4-6-13-7-5-9/h2-7H,1H3. The molecule has 2 aromatic rings. The minimum Gasteiger partial charge on any atom is -0.265 e. The summed E-state index contributed by atoms with van der Waals surface area (Å²) in [5.74, 6) is 0. The molecule has 0 aromatic carbocycles. The molecule has 0 radical (unpaired) electrons. The normalized spacial score (nSPS) is 10.1. The summed E-state index contributed by atoms with van der Waals surface area (Å²) in [4.78, 5) is 8.34. The lowest BCUT2D eigenvalue weighted by atomic mass is 10.2. The summed E-state index contributed by atoms with van der Waals surface area (Å²) in [5.41, 5.74) is 2.77. The average Bonchev–Trinajstić information content (AvgIpc) is 2.23. The molecule has 0 N–H and O–H groups in total. The molecule has 70 valence electrons. The van der Waals surface area contributed by atoms with Crippen LogP contribution in [0.1, 0.15) is 5.69 Å². The smallest absolute Gasteiger partial charge is 0.0892 e. The lowest BCUT2D eigenvalue weighted by molar-refractivity contribution is 1.20. The maximum absolute atomic E-state index is 6.05. The van der Waals surface area contributed by atoms with E-state index in [0.717, 1.165) is 17.0 Å². The van der Waals surface area contributed by atoms with Crippen LogP contribution in [0.15, 0.2) is 36.7 Å². The topological polar surface area (TPSA) is 25.8 Å². The summed E-state index contributed by atoms with van der Waals surface area (Å²) in [6.07, 6.45) is 3.46. The molecule has 0 bridgehead atoms. The van der Waals surface area contributed by atoms with E-state index >= 15 is 0 Å². The second-order valence-corrected chi connectivity index (χ2v) is 3.43. The third kappa shape index (κ3) is 1.75. The minimum atomic E-state index is 0.668. The van der Waals surface area contributed by atoms with E-state index in [-0.39, 0.29) is 0 Å². The van der Waals surface area contributed by atoms with Gasteiger partial charge in [-0.15, -0.1) is 0 Å². The molecule has 0 fully saturated rings. The maximum Gasteiger partial charge on any atom is 0.0892 e. The van der Waals surface area contributed by atoms with E-state index in [4.69, 9.17) is 11.6 Å². The molecule has 2 nitrogen and oxygen atoms in total. The van der Waals surface area contributed by atoms with Crippen LogP contribution in [0.5, 0.6) is 0 Å². The Balaban J connectivity index is 2.57. The van der Waals surface area contributed by atoms with Crippen LogP contribution < -0.4 is 0 Å². The molecule has 2 aromatic heterocycles. The Labute approximate surface area is 87.6 Å². The molecule has 0 unspecified atom stereocenters. The summed E-state index contributed by atoms with van der Waals surface area (Å²) in [7, 11) is 0. The molecule has 2 rings (SSSR count). The summed E-state index contributed by atoms with van der Waals surface area (Å²) in [6.45, 7) is 1.95. The molecule has 2 heterocycles. The zero-order chi connectivity index (χ0) is 9.97. The largest absolute Gasteiger partial charge is 0.265 e. The minimum absolute atomic E-state index is 0.668. The van der Waals surface area contributed by atoms with Crippen molar-refractivity contribution in [2.75, 3.05) is 0 Å². The maximum atomic E-state index is 6.05. The van der Waals surface area contributed by atoms with Crippen molar-refractivity contribution >= 4 is 11.6 Å². The molecular weight excluding hydrogens is 196 g/mol. The summed E-state index contributed by atoms with van der Waals surface area (Å²) in [6, 6.07) is 7.55. The van der Waals surface area contributed by atoms with Gasteiger partial charge in [0.25, 0.3) is 0 Å². The summed E-state index contributed by atoms with van der Waals surface area (Å²) in [5, 5.41) is 0.668. The van der Waals surface area contributed by atoms with E-state index in [9.17, 15) is 0 Å². The van der Waals surface area contributed by atoms with E-state index in [1.54, 1.807) is 12.4 Å². The third-order valence-corrected chi connectivity index (χ3v) is 2.24.